The molecule has 8 heteroatoms. The molecule has 0 unspecified atom stereocenters. The number of benzene rings is 4. The topological polar surface area (TPSA) is 15.5 Å². The number of aromatic nitrogens is 4. The molecule has 0 amide bonds. The van der Waals surface area contributed by atoms with E-state index in [1.807, 2.05) is 0 Å². The molecule has 104 heavy (non-hydrogen) atoms. The van der Waals surface area contributed by atoms with E-state index in [0.29, 0.717) is 17.8 Å². The van der Waals surface area contributed by atoms with Crippen molar-refractivity contribution in [2.45, 2.75) is 300 Å². The second kappa shape index (κ2) is 34.3. The maximum absolute atomic E-state index is 2.50. The third kappa shape index (κ3) is 23.4. The molecule has 0 atom stereocenters. The molecular formula is C96H152Ge4N4+4. The van der Waals surface area contributed by atoms with Crippen LogP contribution in [0.2, 0.25) is 69.1 Å². The number of aryl methyl sites for hydroxylation is 8. The molecule has 0 saturated heterocycles. The van der Waals surface area contributed by atoms with Crippen LogP contribution in [-0.2, 0) is 61.7 Å². The van der Waals surface area contributed by atoms with Gasteiger partial charge in [-0.3, -0.25) is 0 Å². The van der Waals surface area contributed by atoms with Crippen LogP contribution in [0.1, 0.15) is 237 Å². The summed E-state index contributed by atoms with van der Waals surface area (Å²) in [6, 6.07) is 37.9. The minimum atomic E-state index is -1.96. The van der Waals surface area contributed by atoms with Gasteiger partial charge < -0.3 is 0 Å². The Bertz CT molecular complexity index is 4280. The standard InChI is InChI=1S/C25H40GeN.2C24H38GeN.C23H36GeN/c1-11-19(12-2)20-14-13-18(3)21(15-20)24-16-22(25(4,5)6)23(17-27(24)10)26(7,8)9;1-17-12-13-18(23(2,3)4)14-19(17)22-15-20(24(5,6)7)21(16-26(22)11)25(8,9)10;1-17(2)13-19-12-11-18(3)20(14-19)23-15-21(24(4,5)6)22(16-26(23)10)25(7,8)9;1-16(2)18-12-11-17(3)19(13-18)22-14-20(23(4,5)6)21(15-25(22)10)24(7,8)9/h13-17,19H,11-12H2,1-10H3;12-16H,1-11H3;11-12,14-17H,13H2,1-10H3;11-16H,1-10H3/q4*+1. The molecule has 8 rings (SSSR count). The van der Waals surface area contributed by atoms with Crippen LogP contribution in [0.5, 0.6) is 0 Å². The third-order valence-corrected chi connectivity index (χ3v) is 38.3. The van der Waals surface area contributed by atoms with E-state index >= 15 is 0 Å². The molecule has 0 aliphatic rings. The van der Waals surface area contributed by atoms with E-state index in [0.717, 1.165) is 6.42 Å². The van der Waals surface area contributed by atoms with Crippen LogP contribution in [0.25, 0.3) is 45.0 Å². The summed E-state index contributed by atoms with van der Waals surface area (Å²) in [6.45, 7) is 57.8. The molecule has 4 aromatic heterocycles. The van der Waals surface area contributed by atoms with Gasteiger partial charge in [-0.2, -0.15) is 0 Å². The Morgan fingerprint density at radius 1 is 0.317 bits per heavy atom. The first kappa shape index (κ1) is 90.3. The number of nitrogens with zero attached hydrogens (tertiary/aromatic N) is 4. The van der Waals surface area contributed by atoms with Crippen molar-refractivity contribution in [3.8, 4) is 45.0 Å². The molecule has 0 saturated carbocycles. The molecule has 0 spiro atoms. The van der Waals surface area contributed by atoms with Gasteiger partial charge in [0.15, 0.2) is 0 Å². The molecule has 4 nitrogen and oxygen atoms in total. The monoisotopic (exact) mass is 1660 g/mol. The van der Waals surface area contributed by atoms with Gasteiger partial charge in [0, 0.05) is 0 Å². The normalized spacial score (nSPS) is 12.8. The van der Waals surface area contributed by atoms with Crippen LogP contribution in [0, 0.1) is 33.6 Å². The van der Waals surface area contributed by atoms with Gasteiger partial charge in [-0.25, -0.2) is 0 Å². The molecule has 0 N–H and O–H groups in total. The maximum atomic E-state index is 2.50. The van der Waals surface area contributed by atoms with Crippen molar-refractivity contribution < 1.29 is 18.3 Å². The van der Waals surface area contributed by atoms with Gasteiger partial charge in [0.25, 0.3) is 0 Å². The first-order chi connectivity index (χ1) is 47.1. The van der Waals surface area contributed by atoms with Crippen LogP contribution >= 0.6 is 0 Å². The Hall–Kier alpha value is -4.35. The molecule has 0 aliphatic carbocycles. The molecule has 0 bridgehead atoms. The van der Waals surface area contributed by atoms with E-state index in [1.54, 1.807) is 17.6 Å². The predicted octanol–water partition coefficient (Wildman–Crippen LogP) is 22.8. The summed E-state index contributed by atoms with van der Waals surface area (Å²) in [7, 11) is 8.86. The SMILES string of the molecule is CCC(CC)c1ccc(C)c(-c2cc(C(C)(C)C)[c]([Ge]([CH3])([CH3])[CH3])c[n+]2C)c1.Cc1ccc(C(C)(C)C)cc1-c1cc(C(C)(C)C)[c]([Ge]([CH3])([CH3])[CH3])c[n+]1C.Cc1ccc(C(C)C)cc1-c1cc(C(C)(C)C)[c]([Ge]([CH3])([CH3])[CH3])c[n+]1C.Cc1ccc(CC(C)C)cc1-c1cc(C(C)(C)C)[c]([Ge]([CH3])([CH3])[CH3])c[n+]1C. The van der Waals surface area contributed by atoms with Gasteiger partial charge >= 0.3 is 657 Å². The molecule has 4 aromatic carbocycles. The summed E-state index contributed by atoms with van der Waals surface area (Å²) in [6.07, 6.45) is 13.3. The van der Waals surface area contributed by atoms with Gasteiger partial charge in [-0.15, -0.1) is 0 Å². The Morgan fingerprint density at radius 2 is 0.577 bits per heavy atom. The average Bonchev–Trinajstić information content (AvgIpc) is 0.786. The predicted molar refractivity (Wildman–Crippen MR) is 473 cm³/mol. The fraction of sp³-hybridized carbons (Fsp3) is 0.542. The van der Waals surface area contributed by atoms with E-state index in [9.17, 15) is 0 Å². The molecule has 8 aromatic rings. The fourth-order valence-corrected chi connectivity index (χ4v) is 30.1. The second-order valence-corrected chi connectivity index (χ2v) is 83.5. The summed E-state index contributed by atoms with van der Waals surface area (Å²) in [5.41, 5.74) is 28.9. The number of hydrogen-bond acceptors (Lipinski definition) is 0. The van der Waals surface area contributed by atoms with Gasteiger partial charge in [0.2, 0.25) is 0 Å². The first-order valence-electron chi connectivity index (χ1n) is 39.8. The van der Waals surface area contributed by atoms with Crippen molar-refractivity contribution >= 4 is 70.6 Å². The molecule has 0 fully saturated rings. The molecular weight excluding hydrogens is 1500 g/mol. The fourth-order valence-electron chi connectivity index (χ4n) is 14.7. The van der Waals surface area contributed by atoms with E-state index in [4.69, 9.17) is 0 Å². The van der Waals surface area contributed by atoms with Crippen LogP contribution in [0.3, 0.4) is 0 Å². The molecule has 0 radical (unpaired) electrons. The Kier molecular flexibility index (Phi) is 29.8. The van der Waals surface area contributed by atoms with E-state index in [2.05, 4.69) is 410 Å². The van der Waals surface area contributed by atoms with Gasteiger partial charge in [0.05, 0.1) is 0 Å². The minimum absolute atomic E-state index is 0.159. The Morgan fingerprint density at radius 3 is 0.837 bits per heavy atom. The molecule has 568 valence electrons. The van der Waals surface area contributed by atoms with Gasteiger partial charge in [-0.05, 0) is 0 Å². The summed E-state index contributed by atoms with van der Waals surface area (Å²) < 4.78 is 15.9. The van der Waals surface area contributed by atoms with E-state index in [1.165, 1.54) is 125 Å². The van der Waals surface area contributed by atoms with Crippen molar-refractivity contribution in [1.29, 1.82) is 0 Å². The zero-order chi connectivity index (χ0) is 79.7. The molecule has 0 aliphatic heterocycles. The van der Waals surface area contributed by atoms with Crippen molar-refractivity contribution in [1.82, 2.24) is 0 Å². The van der Waals surface area contributed by atoms with Gasteiger partial charge in [0.1, 0.15) is 0 Å². The third-order valence-electron chi connectivity index (χ3n) is 21.4. The summed E-state index contributed by atoms with van der Waals surface area (Å²) >= 11 is -7.81. The number of rotatable bonds is 14. The van der Waals surface area contributed by atoms with Crippen molar-refractivity contribution in [3.05, 3.63) is 189 Å². The van der Waals surface area contributed by atoms with E-state index in [-0.39, 0.29) is 27.1 Å². The zero-order valence-electron chi connectivity index (χ0n) is 74.7. The quantitative estimate of drug-likeness (QED) is 0.0762. The average molecular weight is 1650 g/mol. The summed E-state index contributed by atoms with van der Waals surface area (Å²) in [5.74, 6) is 31.9. The zero-order valence-corrected chi connectivity index (χ0v) is 83.1. The van der Waals surface area contributed by atoms with Crippen LogP contribution < -0.4 is 35.9 Å². The van der Waals surface area contributed by atoms with E-state index < -0.39 is 53.1 Å². The van der Waals surface area contributed by atoms with Crippen LogP contribution in [0.4, 0.5) is 0 Å². The van der Waals surface area contributed by atoms with Gasteiger partial charge in [-0.1, -0.05) is 0 Å². The van der Waals surface area contributed by atoms with Crippen molar-refractivity contribution in [2.75, 3.05) is 0 Å². The summed E-state index contributed by atoms with van der Waals surface area (Å²) in [4.78, 5) is 0. The number of hydrogen-bond donors (Lipinski definition) is 0. The Balaban J connectivity index is 0.000000249. The number of pyridine rings is 4. The van der Waals surface area contributed by atoms with Crippen LogP contribution in [0.15, 0.2) is 122 Å². The molecule has 4 heterocycles. The Labute approximate surface area is 651 Å². The summed E-state index contributed by atoms with van der Waals surface area (Å²) in [5, 5.41) is 0. The first-order valence-corrected chi connectivity index (χ1v) is 69.1. The van der Waals surface area contributed by atoms with Crippen LogP contribution in [-0.4, -0.2) is 53.1 Å². The van der Waals surface area contributed by atoms with Crippen molar-refractivity contribution in [3.63, 3.8) is 0 Å². The van der Waals surface area contributed by atoms with Crippen molar-refractivity contribution in [2.24, 2.45) is 34.1 Å². The second-order valence-electron chi connectivity index (χ2n) is 41.2.